The zero-order valence-corrected chi connectivity index (χ0v) is 13.5. The first-order chi connectivity index (χ1) is 11.7. The van der Waals surface area contributed by atoms with E-state index in [4.69, 9.17) is 4.74 Å². The molecule has 1 atom stereocenters. The molecule has 0 aromatic heterocycles. The molecule has 0 heterocycles. The van der Waals surface area contributed by atoms with E-state index in [2.05, 4.69) is 24.3 Å². The number of methoxy groups -OCH3 is 1. The molecule has 0 saturated carbocycles. The molecule has 24 heavy (non-hydrogen) atoms. The second-order valence-corrected chi connectivity index (χ2v) is 6.35. The molecular formula is C21H18O3. The molecule has 2 aromatic carbocycles. The van der Waals surface area contributed by atoms with E-state index in [0.29, 0.717) is 18.4 Å². The Morgan fingerprint density at radius 3 is 2.17 bits per heavy atom. The number of hydrogen-bond acceptors (Lipinski definition) is 3. The first kappa shape index (κ1) is 14.9. The van der Waals surface area contributed by atoms with Crippen molar-refractivity contribution in [2.45, 2.75) is 18.8 Å². The van der Waals surface area contributed by atoms with Gasteiger partial charge in [0.15, 0.2) is 5.78 Å². The minimum Gasteiger partial charge on any atom is -0.466 e. The molecule has 0 saturated heterocycles. The molecule has 120 valence electrons. The maximum absolute atomic E-state index is 12.3. The maximum Gasteiger partial charge on any atom is 0.334 e. The summed E-state index contributed by atoms with van der Waals surface area (Å²) in [4.78, 5) is 24.1. The lowest BCUT2D eigenvalue weighted by Gasteiger charge is -2.29. The molecule has 2 aliphatic rings. The first-order valence-corrected chi connectivity index (χ1v) is 8.21. The first-order valence-electron chi connectivity index (χ1n) is 8.21. The van der Waals surface area contributed by atoms with Crippen molar-refractivity contribution in [1.29, 1.82) is 0 Å². The molecule has 3 heteroatoms. The summed E-state index contributed by atoms with van der Waals surface area (Å²) in [6.07, 6.45) is 2.64. The lowest BCUT2D eigenvalue weighted by molar-refractivity contribution is -0.137. The molecule has 4 rings (SSSR count). The van der Waals surface area contributed by atoms with Crippen LogP contribution in [0.25, 0.3) is 11.1 Å². The molecule has 2 aliphatic carbocycles. The molecule has 3 nitrogen and oxygen atoms in total. The third kappa shape index (κ3) is 2.20. The smallest absolute Gasteiger partial charge is 0.334 e. The Kier molecular flexibility index (Phi) is 3.57. The number of hydrogen-bond donors (Lipinski definition) is 0. The van der Waals surface area contributed by atoms with E-state index in [1.165, 1.54) is 35.4 Å². The van der Waals surface area contributed by atoms with Crippen LogP contribution in [-0.2, 0) is 14.3 Å². The Labute approximate surface area is 141 Å². The van der Waals surface area contributed by atoms with E-state index in [-0.39, 0.29) is 17.6 Å². The van der Waals surface area contributed by atoms with Crippen LogP contribution in [0.1, 0.15) is 29.9 Å². The summed E-state index contributed by atoms with van der Waals surface area (Å²) >= 11 is 0. The zero-order valence-electron chi connectivity index (χ0n) is 13.5. The van der Waals surface area contributed by atoms with Crippen LogP contribution in [-0.4, -0.2) is 18.9 Å². The van der Waals surface area contributed by atoms with Crippen LogP contribution in [0.4, 0.5) is 0 Å². The summed E-state index contributed by atoms with van der Waals surface area (Å²) in [7, 11) is 1.37. The van der Waals surface area contributed by atoms with Crippen molar-refractivity contribution < 1.29 is 14.3 Å². The van der Waals surface area contributed by atoms with E-state index in [9.17, 15) is 9.59 Å². The Hall–Kier alpha value is -2.68. The summed E-state index contributed by atoms with van der Waals surface area (Å²) < 4.78 is 4.94. The topological polar surface area (TPSA) is 43.4 Å². The monoisotopic (exact) mass is 318 g/mol. The predicted octanol–water partition coefficient (Wildman–Crippen LogP) is 3.88. The van der Waals surface area contributed by atoms with Gasteiger partial charge >= 0.3 is 5.97 Å². The van der Waals surface area contributed by atoms with Gasteiger partial charge in [-0.25, -0.2) is 4.79 Å². The summed E-state index contributed by atoms with van der Waals surface area (Å²) in [5, 5.41) is 0. The fourth-order valence-corrected chi connectivity index (χ4v) is 4.11. The Morgan fingerprint density at radius 1 is 1.00 bits per heavy atom. The van der Waals surface area contributed by atoms with Crippen molar-refractivity contribution in [3.63, 3.8) is 0 Å². The molecule has 0 bridgehead atoms. The standard InChI is InChI=1S/C21H18O3/c1-24-21(23)19-12-13(22)10-11-18(19)20-16-8-4-2-6-14(16)15-7-3-5-9-17(15)20/h2-9,12,18,20H,10-11H2,1H3/t18-/m1/s1. The number of rotatable bonds is 2. The van der Waals surface area contributed by atoms with Gasteiger partial charge in [-0.15, -0.1) is 0 Å². The summed E-state index contributed by atoms with van der Waals surface area (Å²) in [5.74, 6) is -0.322. The van der Waals surface area contributed by atoms with Gasteiger partial charge in [0.05, 0.1) is 7.11 Å². The number of carbonyl (C=O) groups excluding carboxylic acids is 2. The second-order valence-electron chi connectivity index (χ2n) is 6.35. The molecule has 0 unspecified atom stereocenters. The average Bonchev–Trinajstić information content (AvgIpc) is 2.96. The van der Waals surface area contributed by atoms with Crippen molar-refractivity contribution in [2.24, 2.45) is 5.92 Å². The highest BCUT2D eigenvalue weighted by atomic mass is 16.5. The lowest BCUT2D eigenvalue weighted by Crippen LogP contribution is -2.26. The van der Waals surface area contributed by atoms with E-state index in [0.717, 1.165) is 0 Å². The molecular weight excluding hydrogens is 300 g/mol. The zero-order chi connectivity index (χ0) is 16.7. The van der Waals surface area contributed by atoms with Crippen molar-refractivity contribution in [3.8, 4) is 11.1 Å². The molecule has 0 spiro atoms. The Balaban J connectivity index is 1.88. The van der Waals surface area contributed by atoms with E-state index >= 15 is 0 Å². The number of carbonyl (C=O) groups is 2. The molecule has 0 fully saturated rings. The van der Waals surface area contributed by atoms with E-state index in [1.54, 1.807) is 0 Å². The quantitative estimate of drug-likeness (QED) is 0.789. The summed E-state index contributed by atoms with van der Waals surface area (Å²) in [6.45, 7) is 0. The number of benzene rings is 2. The van der Waals surface area contributed by atoms with Gasteiger partial charge in [0, 0.05) is 23.8 Å². The number of fused-ring (bicyclic) bond motifs is 3. The molecule has 0 amide bonds. The van der Waals surface area contributed by atoms with Crippen LogP contribution in [0.5, 0.6) is 0 Å². The maximum atomic E-state index is 12.3. The molecule has 0 aliphatic heterocycles. The Morgan fingerprint density at radius 2 is 1.58 bits per heavy atom. The van der Waals surface area contributed by atoms with Gasteiger partial charge in [-0.05, 0) is 34.8 Å². The fourth-order valence-electron chi connectivity index (χ4n) is 4.11. The summed E-state index contributed by atoms with van der Waals surface area (Å²) in [5.41, 5.74) is 5.41. The van der Waals surface area contributed by atoms with Crippen LogP contribution in [0.15, 0.2) is 60.2 Å². The van der Waals surface area contributed by atoms with Crippen molar-refractivity contribution in [1.82, 2.24) is 0 Å². The van der Waals surface area contributed by atoms with Crippen molar-refractivity contribution in [2.75, 3.05) is 7.11 Å². The van der Waals surface area contributed by atoms with Crippen molar-refractivity contribution in [3.05, 3.63) is 71.3 Å². The Bertz CT molecular complexity index is 817. The number of esters is 1. The van der Waals surface area contributed by atoms with Crippen LogP contribution in [0.3, 0.4) is 0 Å². The number of allylic oxidation sites excluding steroid dienone is 1. The van der Waals surface area contributed by atoms with Gasteiger partial charge < -0.3 is 4.74 Å². The highest BCUT2D eigenvalue weighted by molar-refractivity contribution is 6.01. The highest BCUT2D eigenvalue weighted by Crippen LogP contribution is 2.51. The largest absolute Gasteiger partial charge is 0.466 e. The SMILES string of the molecule is COC(=O)C1=CC(=O)CC[C@H]1C1c2ccccc2-c2ccccc21. The van der Waals surface area contributed by atoms with E-state index < -0.39 is 5.97 Å². The minimum absolute atomic E-state index is 0.00576. The van der Waals surface area contributed by atoms with E-state index in [1.807, 2.05) is 24.3 Å². The van der Waals surface area contributed by atoms with Crippen LogP contribution < -0.4 is 0 Å². The average molecular weight is 318 g/mol. The number of ketones is 1. The fraction of sp³-hybridized carbons (Fsp3) is 0.238. The third-order valence-corrected chi connectivity index (χ3v) is 5.12. The van der Waals surface area contributed by atoms with Gasteiger partial charge in [-0.1, -0.05) is 48.5 Å². The molecule has 0 N–H and O–H groups in total. The second kappa shape index (κ2) is 5.75. The van der Waals surface area contributed by atoms with Crippen molar-refractivity contribution >= 4 is 11.8 Å². The van der Waals surface area contributed by atoms with Crippen LogP contribution in [0.2, 0.25) is 0 Å². The van der Waals surface area contributed by atoms with Gasteiger partial charge in [-0.2, -0.15) is 0 Å². The minimum atomic E-state index is -0.394. The molecule has 2 aromatic rings. The third-order valence-electron chi connectivity index (χ3n) is 5.12. The van der Waals surface area contributed by atoms with Gasteiger partial charge in [0.2, 0.25) is 0 Å². The lowest BCUT2D eigenvalue weighted by atomic mass is 9.74. The highest BCUT2D eigenvalue weighted by Gasteiger charge is 2.39. The van der Waals surface area contributed by atoms with Crippen LogP contribution in [0, 0.1) is 5.92 Å². The molecule has 0 radical (unpaired) electrons. The normalized spacial score (nSPS) is 19.5. The van der Waals surface area contributed by atoms with Gasteiger partial charge in [-0.3, -0.25) is 4.79 Å². The number of ether oxygens (including phenoxy) is 1. The van der Waals surface area contributed by atoms with Gasteiger partial charge in [0.1, 0.15) is 0 Å². The van der Waals surface area contributed by atoms with Crippen LogP contribution >= 0.6 is 0 Å². The predicted molar refractivity (Wildman–Crippen MR) is 91.6 cm³/mol. The van der Waals surface area contributed by atoms with Gasteiger partial charge in [0.25, 0.3) is 0 Å². The summed E-state index contributed by atoms with van der Waals surface area (Å²) in [6, 6.07) is 16.7.